The van der Waals surface area contributed by atoms with Crippen LogP contribution in [0.1, 0.15) is 51.1 Å². The quantitative estimate of drug-likeness (QED) is 0.874. The summed E-state index contributed by atoms with van der Waals surface area (Å²) >= 11 is 0. The molecular formula is C15H26N2O3S. The lowest BCUT2D eigenvalue weighted by molar-refractivity contribution is 0.226. The average Bonchev–Trinajstić information content (AvgIpc) is 2.81. The highest BCUT2D eigenvalue weighted by Gasteiger charge is 2.32. The van der Waals surface area contributed by atoms with Gasteiger partial charge in [-0.05, 0) is 31.6 Å². The van der Waals surface area contributed by atoms with E-state index < -0.39 is 10.0 Å². The number of rotatable bonds is 5. The van der Waals surface area contributed by atoms with E-state index in [1.165, 1.54) is 12.5 Å². The van der Waals surface area contributed by atoms with E-state index in [1.54, 1.807) is 6.92 Å². The summed E-state index contributed by atoms with van der Waals surface area (Å²) in [6.45, 7) is 6.18. The Morgan fingerprint density at radius 3 is 2.62 bits per heavy atom. The van der Waals surface area contributed by atoms with Gasteiger partial charge in [0.15, 0.2) is 0 Å². The van der Waals surface area contributed by atoms with Crippen molar-refractivity contribution in [2.45, 2.75) is 63.9 Å². The third-order valence-electron chi connectivity index (χ3n) is 4.40. The fourth-order valence-electron chi connectivity index (χ4n) is 3.26. The predicted molar refractivity (Wildman–Crippen MR) is 82.2 cm³/mol. The lowest BCUT2D eigenvalue weighted by Crippen LogP contribution is -2.43. The summed E-state index contributed by atoms with van der Waals surface area (Å²) in [7, 11) is -3.55. The SMILES string of the molecule is Cc1oc(CN)cc1S(=O)(=O)NC1CCCCC1C(C)C. The van der Waals surface area contributed by atoms with Crippen molar-refractivity contribution in [1.29, 1.82) is 0 Å². The fourth-order valence-corrected chi connectivity index (χ4v) is 4.78. The second kappa shape index (κ2) is 6.50. The van der Waals surface area contributed by atoms with Crippen molar-refractivity contribution in [2.75, 3.05) is 0 Å². The van der Waals surface area contributed by atoms with Gasteiger partial charge in [0.05, 0.1) is 6.54 Å². The summed E-state index contributed by atoms with van der Waals surface area (Å²) < 4.78 is 33.5. The highest BCUT2D eigenvalue weighted by Crippen LogP contribution is 2.31. The van der Waals surface area contributed by atoms with Crippen LogP contribution in [0.5, 0.6) is 0 Å². The van der Waals surface area contributed by atoms with Crippen molar-refractivity contribution in [2.24, 2.45) is 17.6 Å². The van der Waals surface area contributed by atoms with Crippen molar-refractivity contribution in [3.05, 3.63) is 17.6 Å². The largest absolute Gasteiger partial charge is 0.464 e. The number of furan rings is 1. The molecule has 0 bridgehead atoms. The third kappa shape index (κ3) is 3.67. The zero-order chi connectivity index (χ0) is 15.6. The van der Waals surface area contributed by atoms with Crippen molar-refractivity contribution in [1.82, 2.24) is 4.72 Å². The molecule has 0 aliphatic heterocycles. The molecule has 0 spiro atoms. The van der Waals surface area contributed by atoms with Gasteiger partial charge in [-0.2, -0.15) is 0 Å². The highest BCUT2D eigenvalue weighted by atomic mass is 32.2. The van der Waals surface area contributed by atoms with E-state index in [4.69, 9.17) is 10.2 Å². The summed E-state index contributed by atoms with van der Waals surface area (Å²) in [5.41, 5.74) is 5.51. The van der Waals surface area contributed by atoms with Crippen molar-refractivity contribution in [3.8, 4) is 0 Å². The number of nitrogens with two attached hydrogens (primary N) is 1. The molecule has 0 amide bonds. The van der Waals surface area contributed by atoms with Gasteiger partial charge in [-0.15, -0.1) is 0 Å². The zero-order valence-corrected chi connectivity index (χ0v) is 13.9. The molecule has 0 aromatic carbocycles. The molecule has 1 heterocycles. The van der Waals surface area contributed by atoms with Gasteiger partial charge < -0.3 is 10.2 Å². The summed E-state index contributed by atoms with van der Waals surface area (Å²) in [4.78, 5) is 0.219. The Hall–Kier alpha value is -0.850. The number of hydrogen-bond acceptors (Lipinski definition) is 4. The normalized spacial score (nSPS) is 23.7. The van der Waals surface area contributed by atoms with Gasteiger partial charge in [-0.25, -0.2) is 13.1 Å². The Labute approximate surface area is 127 Å². The number of aryl methyl sites for hydroxylation is 1. The molecule has 2 rings (SSSR count). The van der Waals surface area contributed by atoms with E-state index in [0.717, 1.165) is 19.3 Å². The van der Waals surface area contributed by atoms with E-state index in [9.17, 15) is 8.42 Å². The van der Waals surface area contributed by atoms with E-state index in [2.05, 4.69) is 18.6 Å². The molecule has 1 aliphatic rings. The molecule has 2 unspecified atom stereocenters. The molecule has 6 heteroatoms. The zero-order valence-electron chi connectivity index (χ0n) is 13.1. The molecule has 1 fully saturated rings. The molecule has 1 aromatic rings. The lowest BCUT2D eigenvalue weighted by atomic mass is 9.78. The Balaban J connectivity index is 2.21. The van der Waals surface area contributed by atoms with Crippen LogP contribution in [0.25, 0.3) is 0 Å². The van der Waals surface area contributed by atoms with Gasteiger partial charge in [0, 0.05) is 12.1 Å². The van der Waals surface area contributed by atoms with Gasteiger partial charge in [-0.3, -0.25) is 0 Å². The van der Waals surface area contributed by atoms with E-state index in [0.29, 0.717) is 23.4 Å². The summed E-state index contributed by atoms with van der Waals surface area (Å²) in [6, 6.07) is 1.55. The second-order valence-corrected chi connectivity index (χ2v) is 7.94. The Morgan fingerprint density at radius 2 is 2.05 bits per heavy atom. The van der Waals surface area contributed by atoms with E-state index in [1.807, 2.05) is 0 Å². The molecule has 1 saturated carbocycles. The average molecular weight is 314 g/mol. The standard InChI is InChI=1S/C15H26N2O3S/c1-10(2)13-6-4-5-7-14(13)17-21(18,19)15-8-12(9-16)20-11(15)3/h8,10,13-14,17H,4-7,9,16H2,1-3H3. The van der Waals surface area contributed by atoms with Gasteiger partial charge >= 0.3 is 0 Å². The smallest absolute Gasteiger partial charge is 0.244 e. The molecule has 1 aliphatic carbocycles. The first kappa shape index (κ1) is 16.5. The monoisotopic (exact) mass is 314 g/mol. The van der Waals surface area contributed by atoms with Gasteiger partial charge in [-0.1, -0.05) is 26.7 Å². The van der Waals surface area contributed by atoms with Crippen LogP contribution in [0.3, 0.4) is 0 Å². The van der Waals surface area contributed by atoms with E-state index in [-0.39, 0.29) is 17.5 Å². The van der Waals surface area contributed by atoms with E-state index >= 15 is 0 Å². The topological polar surface area (TPSA) is 85.3 Å². The number of sulfonamides is 1. The first-order valence-corrected chi connectivity index (χ1v) is 9.15. The van der Waals surface area contributed by atoms with Gasteiger partial charge in [0.25, 0.3) is 0 Å². The molecule has 21 heavy (non-hydrogen) atoms. The molecule has 0 saturated heterocycles. The third-order valence-corrected chi connectivity index (χ3v) is 5.99. The number of hydrogen-bond donors (Lipinski definition) is 2. The Morgan fingerprint density at radius 1 is 1.38 bits per heavy atom. The first-order valence-electron chi connectivity index (χ1n) is 7.67. The summed E-state index contributed by atoms with van der Waals surface area (Å²) in [6.07, 6.45) is 4.25. The minimum Gasteiger partial charge on any atom is -0.464 e. The summed E-state index contributed by atoms with van der Waals surface area (Å²) in [5, 5.41) is 0. The lowest BCUT2D eigenvalue weighted by Gasteiger charge is -2.34. The predicted octanol–water partition coefficient (Wildman–Crippen LogP) is 2.54. The van der Waals surface area contributed by atoms with Crippen LogP contribution in [0.2, 0.25) is 0 Å². The van der Waals surface area contributed by atoms with Crippen LogP contribution in [0.15, 0.2) is 15.4 Å². The van der Waals surface area contributed by atoms with Crippen LogP contribution in [-0.4, -0.2) is 14.5 Å². The van der Waals surface area contributed by atoms with Crippen LogP contribution in [0, 0.1) is 18.8 Å². The molecule has 3 N–H and O–H groups in total. The maximum atomic E-state index is 12.6. The number of nitrogens with one attached hydrogen (secondary N) is 1. The van der Waals surface area contributed by atoms with Crippen LogP contribution in [0.4, 0.5) is 0 Å². The Kier molecular flexibility index (Phi) is 5.11. The molecule has 5 nitrogen and oxygen atoms in total. The van der Waals surface area contributed by atoms with Crippen LogP contribution in [-0.2, 0) is 16.6 Å². The van der Waals surface area contributed by atoms with Crippen molar-refractivity contribution >= 4 is 10.0 Å². The minimum atomic E-state index is -3.55. The molecule has 2 atom stereocenters. The maximum Gasteiger partial charge on any atom is 0.244 e. The first-order chi connectivity index (χ1) is 9.85. The molecule has 1 aromatic heterocycles. The van der Waals surface area contributed by atoms with Gasteiger partial charge in [0.2, 0.25) is 10.0 Å². The fraction of sp³-hybridized carbons (Fsp3) is 0.733. The van der Waals surface area contributed by atoms with Gasteiger partial charge in [0.1, 0.15) is 16.4 Å². The van der Waals surface area contributed by atoms with Crippen LogP contribution >= 0.6 is 0 Å². The maximum absolute atomic E-state index is 12.6. The highest BCUT2D eigenvalue weighted by molar-refractivity contribution is 7.89. The Bertz CT molecular complexity index is 578. The molecule has 0 radical (unpaired) electrons. The van der Waals surface area contributed by atoms with Crippen molar-refractivity contribution in [3.63, 3.8) is 0 Å². The summed E-state index contributed by atoms with van der Waals surface area (Å²) in [5.74, 6) is 1.77. The molecule has 120 valence electrons. The van der Waals surface area contributed by atoms with Crippen LogP contribution < -0.4 is 10.5 Å². The molecular weight excluding hydrogens is 288 g/mol. The van der Waals surface area contributed by atoms with Crippen molar-refractivity contribution < 1.29 is 12.8 Å². The minimum absolute atomic E-state index is 0.0133. The second-order valence-electron chi connectivity index (χ2n) is 6.26.